The Balaban J connectivity index is 1.60. The molecule has 0 saturated carbocycles. The van der Waals surface area contributed by atoms with Crippen LogP contribution in [0.5, 0.6) is 0 Å². The third-order valence-corrected chi connectivity index (χ3v) is 6.19. The molecule has 1 spiro atoms. The molecule has 116 valence electrons. The lowest BCUT2D eigenvalue weighted by Gasteiger charge is -2.46. The predicted molar refractivity (Wildman–Crippen MR) is 83.2 cm³/mol. The van der Waals surface area contributed by atoms with E-state index in [1.807, 2.05) is 0 Å². The van der Waals surface area contributed by atoms with Gasteiger partial charge in [0.1, 0.15) is 0 Å². The summed E-state index contributed by atoms with van der Waals surface area (Å²) >= 11 is 2.06. The van der Waals surface area contributed by atoms with E-state index < -0.39 is 0 Å². The lowest BCUT2D eigenvalue weighted by molar-refractivity contribution is -0.119. The Morgan fingerprint density at radius 2 is 2.10 bits per heavy atom. The molecular weight excluding hydrogens is 272 g/mol. The summed E-state index contributed by atoms with van der Waals surface area (Å²) in [5, 5.41) is 0. The maximum absolute atomic E-state index is 6.56. The molecule has 3 unspecified atom stereocenters. The molecule has 3 heterocycles. The number of hydrogen-bond donors (Lipinski definition) is 1. The third kappa shape index (κ3) is 3.33. The maximum Gasteiger partial charge on any atom is 0.0855 e. The molecule has 20 heavy (non-hydrogen) atoms. The SMILES string of the molecule is CN1CCOC(C(N)C2CCOC3(CCSCC3)C2)C1. The van der Waals surface area contributed by atoms with E-state index in [-0.39, 0.29) is 17.7 Å². The van der Waals surface area contributed by atoms with E-state index in [0.29, 0.717) is 5.92 Å². The number of ether oxygens (including phenoxy) is 2. The van der Waals surface area contributed by atoms with Crippen molar-refractivity contribution in [2.45, 2.75) is 43.4 Å². The standard InChI is InChI=1S/C15H28N2O2S/c1-17-5-7-18-13(11-17)14(16)12-2-6-19-15(10-12)3-8-20-9-4-15/h12-14H,2-11,16H2,1H3. The van der Waals surface area contributed by atoms with Crippen LogP contribution in [0.2, 0.25) is 0 Å². The molecule has 3 aliphatic rings. The molecule has 3 fully saturated rings. The molecule has 0 amide bonds. The highest BCUT2D eigenvalue weighted by Gasteiger charge is 2.42. The number of rotatable bonds is 2. The second kappa shape index (κ2) is 6.53. The van der Waals surface area contributed by atoms with Crippen molar-refractivity contribution in [3.8, 4) is 0 Å². The molecule has 3 atom stereocenters. The molecule has 3 saturated heterocycles. The topological polar surface area (TPSA) is 47.7 Å². The fraction of sp³-hybridized carbons (Fsp3) is 1.00. The first-order chi connectivity index (χ1) is 9.69. The van der Waals surface area contributed by atoms with Gasteiger partial charge in [-0.2, -0.15) is 11.8 Å². The smallest absolute Gasteiger partial charge is 0.0855 e. The van der Waals surface area contributed by atoms with Crippen molar-refractivity contribution in [3.63, 3.8) is 0 Å². The lowest BCUT2D eigenvalue weighted by atomic mass is 9.77. The summed E-state index contributed by atoms with van der Waals surface area (Å²) in [4.78, 5) is 2.33. The molecule has 3 rings (SSSR count). The Labute approximate surface area is 126 Å². The molecule has 0 aromatic carbocycles. The van der Waals surface area contributed by atoms with Crippen molar-refractivity contribution >= 4 is 11.8 Å². The summed E-state index contributed by atoms with van der Waals surface area (Å²) in [5.74, 6) is 3.04. The minimum absolute atomic E-state index is 0.131. The van der Waals surface area contributed by atoms with Gasteiger partial charge in [0.05, 0.1) is 18.3 Å². The van der Waals surface area contributed by atoms with Crippen molar-refractivity contribution in [1.82, 2.24) is 4.90 Å². The second-order valence-corrected chi connectivity index (χ2v) is 7.87. The fourth-order valence-electron chi connectivity index (χ4n) is 3.83. The number of morpholine rings is 1. The van der Waals surface area contributed by atoms with Crippen molar-refractivity contribution in [2.24, 2.45) is 11.7 Å². The summed E-state index contributed by atoms with van der Waals surface area (Å²) in [6, 6.07) is 0.160. The molecule has 0 aromatic heterocycles. The molecule has 2 N–H and O–H groups in total. The average Bonchev–Trinajstić information content (AvgIpc) is 2.47. The van der Waals surface area contributed by atoms with Crippen LogP contribution in [0.4, 0.5) is 0 Å². The monoisotopic (exact) mass is 300 g/mol. The normalized spacial score (nSPS) is 36.9. The Morgan fingerprint density at radius 3 is 2.85 bits per heavy atom. The molecule has 0 bridgehead atoms. The molecule has 0 radical (unpaired) electrons. The number of nitrogens with two attached hydrogens (primary N) is 1. The third-order valence-electron chi connectivity index (χ3n) is 5.21. The Bertz CT molecular complexity index is 317. The second-order valence-electron chi connectivity index (χ2n) is 6.65. The van der Waals surface area contributed by atoms with E-state index in [1.165, 1.54) is 24.3 Å². The molecule has 0 aromatic rings. The molecular formula is C15H28N2O2S. The van der Waals surface area contributed by atoms with Gasteiger partial charge in [-0.1, -0.05) is 0 Å². The number of nitrogens with zero attached hydrogens (tertiary/aromatic N) is 1. The minimum Gasteiger partial charge on any atom is -0.375 e. The van der Waals surface area contributed by atoms with E-state index in [2.05, 4.69) is 23.7 Å². The van der Waals surface area contributed by atoms with Gasteiger partial charge < -0.3 is 20.1 Å². The van der Waals surface area contributed by atoms with E-state index in [9.17, 15) is 0 Å². The van der Waals surface area contributed by atoms with Gasteiger partial charge in [0, 0.05) is 25.7 Å². The average molecular weight is 300 g/mol. The van der Waals surface area contributed by atoms with Gasteiger partial charge in [-0.05, 0) is 50.2 Å². The maximum atomic E-state index is 6.56. The summed E-state index contributed by atoms with van der Waals surface area (Å²) < 4.78 is 12.1. The summed E-state index contributed by atoms with van der Waals surface area (Å²) in [7, 11) is 2.16. The van der Waals surface area contributed by atoms with Crippen LogP contribution in [0.15, 0.2) is 0 Å². The van der Waals surface area contributed by atoms with Crippen LogP contribution >= 0.6 is 11.8 Å². The van der Waals surface area contributed by atoms with Crippen LogP contribution in [0.1, 0.15) is 25.7 Å². The van der Waals surface area contributed by atoms with Gasteiger partial charge in [-0.3, -0.25) is 0 Å². The number of hydrogen-bond acceptors (Lipinski definition) is 5. The van der Waals surface area contributed by atoms with Gasteiger partial charge in [0.15, 0.2) is 0 Å². The zero-order chi connectivity index (χ0) is 14.0. The molecule has 4 nitrogen and oxygen atoms in total. The first-order valence-corrected chi connectivity index (χ1v) is 9.11. The molecule has 5 heteroatoms. The Hall–Kier alpha value is 0.190. The van der Waals surface area contributed by atoms with Crippen molar-refractivity contribution in [2.75, 3.05) is 44.9 Å². The van der Waals surface area contributed by atoms with Gasteiger partial charge in [0.2, 0.25) is 0 Å². The number of likely N-dealkylation sites (N-methyl/N-ethyl adjacent to an activating group) is 1. The van der Waals surface area contributed by atoms with Crippen LogP contribution in [0.25, 0.3) is 0 Å². The zero-order valence-corrected chi connectivity index (χ0v) is 13.4. The lowest BCUT2D eigenvalue weighted by Crippen LogP contribution is -2.55. The fourth-order valence-corrected chi connectivity index (χ4v) is 5.07. The van der Waals surface area contributed by atoms with E-state index in [1.54, 1.807) is 0 Å². The van der Waals surface area contributed by atoms with Gasteiger partial charge in [-0.15, -0.1) is 0 Å². The van der Waals surface area contributed by atoms with Crippen LogP contribution in [0.3, 0.4) is 0 Å². The van der Waals surface area contributed by atoms with Gasteiger partial charge in [0.25, 0.3) is 0 Å². The van der Waals surface area contributed by atoms with E-state index >= 15 is 0 Å². The predicted octanol–water partition coefficient (Wildman–Crippen LogP) is 1.34. The highest BCUT2D eigenvalue weighted by atomic mass is 32.2. The van der Waals surface area contributed by atoms with Crippen molar-refractivity contribution < 1.29 is 9.47 Å². The quantitative estimate of drug-likeness (QED) is 0.834. The highest BCUT2D eigenvalue weighted by Crippen LogP contribution is 2.41. The Kier molecular flexibility index (Phi) is 4.93. The molecule has 0 aliphatic carbocycles. The summed E-state index contributed by atoms with van der Waals surface area (Å²) in [6.45, 7) is 3.70. The van der Waals surface area contributed by atoms with Crippen molar-refractivity contribution in [3.05, 3.63) is 0 Å². The minimum atomic E-state index is 0.131. The van der Waals surface area contributed by atoms with E-state index in [4.69, 9.17) is 15.2 Å². The highest BCUT2D eigenvalue weighted by molar-refractivity contribution is 7.99. The van der Waals surface area contributed by atoms with Gasteiger partial charge in [-0.25, -0.2) is 0 Å². The first kappa shape index (κ1) is 15.1. The van der Waals surface area contributed by atoms with Crippen LogP contribution in [-0.2, 0) is 9.47 Å². The van der Waals surface area contributed by atoms with Crippen LogP contribution in [-0.4, -0.2) is 67.5 Å². The first-order valence-electron chi connectivity index (χ1n) is 7.96. The van der Waals surface area contributed by atoms with Crippen LogP contribution in [0, 0.1) is 5.92 Å². The zero-order valence-electron chi connectivity index (χ0n) is 12.6. The van der Waals surface area contributed by atoms with Crippen LogP contribution < -0.4 is 5.73 Å². The van der Waals surface area contributed by atoms with Crippen molar-refractivity contribution in [1.29, 1.82) is 0 Å². The van der Waals surface area contributed by atoms with Gasteiger partial charge >= 0.3 is 0 Å². The molecule has 3 aliphatic heterocycles. The summed E-state index contributed by atoms with van der Waals surface area (Å²) in [6.07, 6.45) is 4.84. The largest absolute Gasteiger partial charge is 0.375 e. The van der Waals surface area contributed by atoms with E-state index in [0.717, 1.165) is 39.1 Å². The Morgan fingerprint density at radius 1 is 1.30 bits per heavy atom. The number of thioether (sulfide) groups is 1. The summed E-state index contributed by atoms with van der Waals surface area (Å²) in [5.41, 5.74) is 6.69.